The molecule has 0 amide bonds. The van der Waals surface area contributed by atoms with Crippen LogP contribution in [0.4, 0.5) is 0 Å². The summed E-state index contributed by atoms with van der Waals surface area (Å²) in [4.78, 5) is 10.9. The van der Waals surface area contributed by atoms with E-state index in [-0.39, 0.29) is 0 Å². The van der Waals surface area contributed by atoms with Crippen molar-refractivity contribution >= 4 is 22.8 Å². The molecule has 0 radical (unpaired) electrons. The van der Waals surface area contributed by atoms with Crippen LogP contribution in [0.2, 0.25) is 0 Å². The van der Waals surface area contributed by atoms with E-state index in [1.54, 1.807) is 10.9 Å². The van der Waals surface area contributed by atoms with Gasteiger partial charge in [-0.1, -0.05) is 42.5 Å². The number of aryl methyl sites for hydroxylation is 1. The Morgan fingerprint density at radius 1 is 1.25 bits per heavy atom. The molecule has 118 valence electrons. The number of nitrogens with zero attached hydrogens (tertiary/aromatic N) is 3. The van der Waals surface area contributed by atoms with E-state index in [9.17, 15) is 4.79 Å². The van der Waals surface area contributed by atoms with Gasteiger partial charge >= 0.3 is 5.97 Å². The monoisotopic (exact) mass is 317 g/mol. The summed E-state index contributed by atoms with van der Waals surface area (Å²) in [6.07, 6.45) is 4.75. The van der Waals surface area contributed by atoms with Gasteiger partial charge in [0.25, 0.3) is 0 Å². The molecule has 0 bridgehead atoms. The van der Waals surface area contributed by atoms with Crippen LogP contribution in [0, 0.1) is 11.3 Å². The molecule has 0 atom stereocenters. The highest BCUT2D eigenvalue weighted by atomic mass is 16.4. The first-order valence-electron chi connectivity index (χ1n) is 7.52. The molecule has 1 aromatic heterocycles. The normalized spacial score (nSPS) is 11.0. The van der Waals surface area contributed by atoms with Crippen LogP contribution >= 0.6 is 0 Å². The second-order valence-corrected chi connectivity index (χ2v) is 5.30. The highest BCUT2D eigenvalue weighted by molar-refractivity contribution is 5.98. The van der Waals surface area contributed by atoms with Crippen molar-refractivity contribution in [3.05, 3.63) is 60.3 Å². The third kappa shape index (κ3) is 3.18. The van der Waals surface area contributed by atoms with Crippen molar-refractivity contribution < 1.29 is 9.90 Å². The number of nitriles is 1. The van der Waals surface area contributed by atoms with Gasteiger partial charge in [0, 0.05) is 23.4 Å². The van der Waals surface area contributed by atoms with Crippen LogP contribution in [-0.2, 0) is 11.3 Å². The lowest BCUT2D eigenvalue weighted by Crippen LogP contribution is -1.97. The third-order valence-electron chi connectivity index (χ3n) is 3.69. The highest BCUT2D eigenvalue weighted by Crippen LogP contribution is 2.30. The van der Waals surface area contributed by atoms with Crippen LogP contribution in [0.5, 0.6) is 0 Å². The van der Waals surface area contributed by atoms with Gasteiger partial charge in [0.05, 0.1) is 19.0 Å². The molecule has 24 heavy (non-hydrogen) atoms. The van der Waals surface area contributed by atoms with Crippen LogP contribution in [0.25, 0.3) is 28.1 Å². The van der Waals surface area contributed by atoms with Gasteiger partial charge in [-0.25, -0.2) is 4.79 Å². The van der Waals surface area contributed by atoms with Gasteiger partial charge in [-0.3, -0.25) is 4.68 Å². The summed E-state index contributed by atoms with van der Waals surface area (Å²) in [5.41, 5.74) is 2.36. The number of aliphatic carboxylic acids is 1. The van der Waals surface area contributed by atoms with E-state index in [1.807, 2.05) is 42.5 Å². The van der Waals surface area contributed by atoms with Crippen molar-refractivity contribution in [2.45, 2.75) is 13.0 Å². The maximum atomic E-state index is 10.9. The average molecular weight is 317 g/mol. The number of carbonyl (C=O) groups is 1. The fraction of sp³-hybridized carbons (Fsp3) is 0.105. The summed E-state index contributed by atoms with van der Waals surface area (Å²) >= 11 is 0. The summed E-state index contributed by atoms with van der Waals surface area (Å²) < 4.78 is 1.68. The highest BCUT2D eigenvalue weighted by Gasteiger charge is 2.12. The minimum Gasteiger partial charge on any atom is -0.478 e. The fourth-order valence-corrected chi connectivity index (χ4v) is 2.64. The Morgan fingerprint density at radius 2 is 2.04 bits per heavy atom. The van der Waals surface area contributed by atoms with E-state index >= 15 is 0 Å². The maximum Gasteiger partial charge on any atom is 0.328 e. The van der Waals surface area contributed by atoms with Crippen LogP contribution in [0.15, 0.2) is 54.7 Å². The molecule has 1 N–H and O–H groups in total. The van der Waals surface area contributed by atoms with Gasteiger partial charge < -0.3 is 5.11 Å². The Kier molecular flexibility index (Phi) is 4.39. The van der Waals surface area contributed by atoms with E-state index in [0.717, 1.165) is 22.4 Å². The molecule has 1 heterocycles. The predicted octanol–water partition coefficient (Wildman–Crippen LogP) is 3.71. The topological polar surface area (TPSA) is 78.9 Å². The molecule has 0 saturated carbocycles. The van der Waals surface area contributed by atoms with Gasteiger partial charge in [0.2, 0.25) is 0 Å². The number of aromatic nitrogens is 2. The average Bonchev–Trinajstić information content (AvgIpc) is 3.00. The number of rotatable bonds is 5. The van der Waals surface area contributed by atoms with Gasteiger partial charge in [-0.15, -0.1) is 0 Å². The van der Waals surface area contributed by atoms with Crippen LogP contribution in [-0.4, -0.2) is 20.9 Å². The lowest BCUT2D eigenvalue weighted by molar-refractivity contribution is -0.131. The fourth-order valence-electron chi connectivity index (χ4n) is 2.64. The predicted molar refractivity (Wildman–Crippen MR) is 92.1 cm³/mol. The molecule has 0 fully saturated rings. The number of benzene rings is 2. The zero-order valence-corrected chi connectivity index (χ0v) is 12.9. The second kappa shape index (κ2) is 6.80. The Labute approximate surface area is 139 Å². The van der Waals surface area contributed by atoms with E-state index < -0.39 is 5.97 Å². The van der Waals surface area contributed by atoms with Crippen molar-refractivity contribution in [2.24, 2.45) is 0 Å². The molecule has 0 unspecified atom stereocenters. The Balaban J connectivity index is 2.15. The zero-order valence-electron chi connectivity index (χ0n) is 12.9. The van der Waals surface area contributed by atoms with Crippen molar-refractivity contribution in [1.29, 1.82) is 5.26 Å². The van der Waals surface area contributed by atoms with Crippen molar-refractivity contribution in [1.82, 2.24) is 9.78 Å². The summed E-state index contributed by atoms with van der Waals surface area (Å²) in [5.74, 6) is -1.01. The molecule has 2 aromatic carbocycles. The zero-order chi connectivity index (χ0) is 16.9. The standard InChI is InChI=1S/C19H15N3O2/c20-11-4-12-22-13-15(9-10-18(23)24)19(21-22)17-8-3-6-14-5-1-2-7-16(14)17/h1-3,5-10,13H,4,12H2,(H,23,24)/b10-9+. The summed E-state index contributed by atoms with van der Waals surface area (Å²) in [6.45, 7) is 0.467. The molecule has 0 aliphatic heterocycles. The molecule has 0 spiro atoms. The number of hydrogen-bond donors (Lipinski definition) is 1. The van der Waals surface area contributed by atoms with Crippen molar-refractivity contribution in [3.63, 3.8) is 0 Å². The molecule has 0 saturated heterocycles. The minimum absolute atomic E-state index is 0.346. The van der Waals surface area contributed by atoms with Crippen molar-refractivity contribution in [3.8, 4) is 17.3 Å². The van der Waals surface area contributed by atoms with Crippen LogP contribution < -0.4 is 0 Å². The lowest BCUT2D eigenvalue weighted by atomic mass is 10.00. The van der Waals surface area contributed by atoms with Gasteiger partial charge in [-0.2, -0.15) is 10.4 Å². The number of carboxylic acids is 1. The number of carboxylic acid groups (broad SMARTS) is 1. The molecule has 5 nitrogen and oxygen atoms in total. The molecule has 5 heteroatoms. The first-order chi connectivity index (χ1) is 11.7. The Morgan fingerprint density at radius 3 is 2.83 bits per heavy atom. The lowest BCUT2D eigenvalue weighted by Gasteiger charge is -2.05. The number of hydrogen-bond acceptors (Lipinski definition) is 3. The SMILES string of the molecule is N#CCCn1cc(/C=C/C(=O)O)c(-c2cccc3ccccc23)n1. The van der Waals surface area contributed by atoms with Crippen LogP contribution in [0.1, 0.15) is 12.0 Å². The minimum atomic E-state index is -1.01. The van der Waals surface area contributed by atoms with Gasteiger partial charge in [-0.05, 0) is 16.8 Å². The summed E-state index contributed by atoms with van der Waals surface area (Å²) in [5, 5.41) is 24.4. The van der Waals surface area contributed by atoms with Gasteiger partial charge in [0.1, 0.15) is 5.69 Å². The Bertz CT molecular complexity index is 959. The molecule has 0 aliphatic rings. The van der Waals surface area contributed by atoms with E-state index in [2.05, 4.69) is 11.2 Å². The molecule has 0 aliphatic carbocycles. The molecular weight excluding hydrogens is 302 g/mol. The van der Waals surface area contributed by atoms with E-state index in [0.29, 0.717) is 24.2 Å². The largest absolute Gasteiger partial charge is 0.478 e. The second-order valence-electron chi connectivity index (χ2n) is 5.30. The molecule has 3 aromatic rings. The molecular formula is C19H15N3O2. The summed E-state index contributed by atoms with van der Waals surface area (Å²) in [7, 11) is 0. The maximum absolute atomic E-state index is 10.9. The van der Waals surface area contributed by atoms with Crippen molar-refractivity contribution in [2.75, 3.05) is 0 Å². The third-order valence-corrected chi connectivity index (χ3v) is 3.69. The Hall–Kier alpha value is -3.39. The smallest absolute Gasteiger partial charge is 0.328 e. The first-order valence-corrected chi connectivity index (χ1v) is 7.52. The van der Waals surface area contributed by atoms with E-state index in [1.165, 1.54) is 6.08 Å². The quantitative estimate of drug-likeness (QED) is 0.727. The van der Waals surface area contributed by atoms with E-state index in [4.69, 9.17) is 10.4 Å². The number of fused-ring (bicyclic) bond motifs is 1. The van der Waals surface area contributed by atoms with Gasteiger partial charge in [0.15, 0.2) is 0 Å². The molecule has 3 rings (SSSR count). The van der Waals surface area contributed by atoms with Crippen LogP contribution in [0.3, 0.4) is 0 Å². The summed E-state index contributed by atoms with van der Waals surface area (Å²) in [6, 6.07) is 16.0. The first kappa shape index (κ1) is 15.5.